The number of rotatable bonds is 8. The first kappa shape index (κ1) is 21.9. The summed E-state index contributed by atoms with van der Waals surface area (Å²) >= 11 is 6.26. The second-order valence-electron chi connectivity index (χ2n) is 8.33. The highest BCUT2D eigenvalue weighted by molar-refractivity contribution is 6.35. The van der Waals surface area contributed by atoms with Crippen LogP contribution in [-0.2, 0) is 22.7 Å². The Labute approximate surface area is 199 Å². The number of aromatic amines is 1. The number of primary amides is 1. The minimum absolute atomic E-state index is 0.0208. The van der Waals surface area contributed by atoms with Crippen molar-refractivity contribution in [2.45, 2.75) is 32.0 Å². The van der Waals surface area contributed by atoms with Crippen LogP contribution in [0.15, 0.2) is 42.6 Å². The molecule has 10 nitrogen and oxygen atoms in total. The highest BCUT2D eigenvalue weighted by Crippen LogP contribution is 2.28. The summed E-state index contributed by atoms with van der Waals surface area (Å²) in [4.78, 5) is 39.1. The van der Waals surface area contributed by atoms with Gasteiger partial charge in [0.15, 0.2) is 5.69 Å². The topological polar surface area (TPSA) is 139 Å². The van der Waals surface area contributed by atoms with E-state index in [1.165, 1.54) is 4.68 Å². The molecular weight excluding hydrogens is 458 g/mol. The summed E-state index contributed by atoms with van der Waals surface area (Å²) in [5.74, 6) is -1.17. The SMILES string of the molecule is NC(=O)c1nn(CC(=O)N(CC(=O)NCc2cc(Cl)c3[nH]ncc3c2)C2CC2)c2ccccc12. The van der Waals surface area contributed by atoms with Crippen LogP contribution in [0.4, 0.5) is 0 Å². The fraction of sp³-hybridized carbons (Fsp3) is 0.261. The highest BCUT2D eigenvalue weighted by atomic mass is 35.5. The number of nitrogens with zero attached hydrogens (tertiary/aromatic N) is 4. The zero-order valence-electron chi connectivity index (χ0n) is 18.1. The maximum Gasteiger partial charge on any atom is 0.269 e. The molecule has 4 aromatic rings. The molecule has 0 radical (unpaired) electrons. The van der Waals surface area contributed by atoms with Gasteiger partial charge in [-0.2, -0.15) is 10.2 Å². The van der Waals surface area contributed by atoms with E-state index in [1.807, 2.05) is 6.07 Å². The third kappa shape index (κ3) is 4.32. The van der Waals surface area contributed by atoms with E-state index in [9.17, 15) is 14.4 Å². The molecule has 2 heterocycles. The number of benzene rings is 2. The summed E-state index contributed by atoms with van der Waals surface area (Å²) < 4.78 is 1.47. The highest BCUT2D eigenvalue weighted by Gasteiger charge is 2.34. The number of halogens is 1. The van der Waals surface area contributed by atoms with E-state index in [4.69, 9.17) is 17.3 Å². The van der Waals surface area contributed by atoms with Crippen molar-refractivity contribution in [3.63, 3.8) is 0 Å². The Morgan fingerprint density at radius 2 is 2.03 bits per heavy atom. The van der Waals surface area contributed by atoms with E-state index < -0.39 is 5.91 Å². The molecular formula is C23H22ClN7O3. The zero-order valence-corrected chi connectivity index (χ0v) is 18.9. The van der Waals surface area contributed by atoms with Crippen LogP contribution >= 0.6 is 11.6 Å². The van der Waals surface area contributed by atoms with Gasteiger partial charge in [0.25, 0.3) is 5.91 Å². The molecule has 1 saturated carbocycles. The average molecular weight is 480 g/mol. The second-order valence-corrected chi connectivity index (χ2v) is 8.74. The van der Waals surface area contributed by atoms with Crippen molar-refractivity contribution >= 4 is 51.1 Å². The van der Waals surface area contributed by atoms with Gasteiger partial charge in [0.05, 0.1) is 28.8 Å². The molecule has 0 unspecified atom stereocenters. The molecule has 0 bridgehead atoms. The predicted octanol–water partition coefficient (Wildman–Crippen LogP) is 1.97. The standard InChI is InChI=1S/C23H22ClN7O3/c24-17-8-13(7-14-10-27-28-21(14)17)9-26-19(32)11-30(15-5-6-15)20(33)12-31-18-4-2-1-3-16(18)22(29-31)23(25)34/h1-4,7-8,10,15H,5-6,9,11-12H2,(H2,25,34)(H,26,32)(H,27,28). The summed E-state index contributed by atoms with van der Waals surface area (Å²) in [6.45, 7) is 0.121. The van der Waals surface area contributed by atoms with Gasteiger partial charge in [-0.3, -0.25) is 24.2 Å². The maximum absolute atomic E-state index is 13.1. The first-order valence-electron chi connectivity index (χ1n) is 10.8. The van der Waals surface area contributed by atoms with E-state index in [-0.39, 0.29) is 43.2 Å². The normalized spacial score (nSPS) is 13.3. The zero-order chi connectivity index (χ0) is 23.8. The molecule has 34 heavy (non-hydrogen) atoms. The van der Waals surface area contributed by atoms with E-state index in [0.717, 1.165) is 29.3 Å². The van der Waals surface area contributed by atoms with Gasteiger partial charge in [-0.1, -0.05) is 29.8 Å². The molecule has 3 amide bonds. The van der Waals surface area contributed by atoms with Gasteiger partial charge >= 0.3 is 0 Å². The van der Waals surface area contributed by atoms with Gasteiger partial charge in [-0.25, -0.2) is 0 Å². The van der Waals surface area contributed by atoms with Crippen molar-refractivity contribution in [1.82, 2.24) is 30.2 Å². The molecule has 174 valence electrons. The largest absolute Gasteiger partial charge is 0.364 e. The van der Waals surface area contributed by atoms with Gasteiger partial charge in [0.1, 0.15) is 6.54 Å². The second kappa shape index (κ2) is 8.79. The van der Waals surface area contributed by atoms with Crippen LogP contribution in [0.5, 0.6) is 0 Å². The van der Waals surface area contributed by atoms with Crippen LogP contribution in [0.2, 0.25) is 5.02 Å². The minimum atomic E-state index is -0.658. The number of hydrogen-bond donors (Lipinski definition) is 3. The third-order valence-corrected chi connectivity index (χ3v) is 6.15. The van der Waals surface area contributed by atoms with Crippen molar-refractivity contribution in [2.24, 2.45) is 5.73 Å². The van der Waals surface area contributed by atoms with Gasteiger partial charge in [-0.15, -0.1) is 0 Å². The number of hydrogen-bond acceptors (Lipinski definition) is 5. The predicted molar refractivity (Wildman–Crippen MR) is 126 cm³/mol. The van der Waals surface area contributed by atoms with Crippen molar-refractivity contribution in [3.8, 4) is 0 Å². The van der Waals surface area contributed by atoms with Crippen molar-refractivity contribution in [2.75, 3.05) is 6.54 Å². The fourth-order valence-electron chi connectivity index (χ4n) is 4.04. The Kier molecular flexibility index (Phi) is 5.66. The van der Waals surface area contributed by atoms with E-state index in [2.05, 4.69) is 20.6 Å². The molecule has 0 aliphatic heterocycles. The number of fused-ring (bicyclic) bond motifs is 2. The lowest BCUT2D eigenvalue weighted by Gasteiger charge is -2.22. The lowest BCUT2D eigenvalue weighted by Crippen LogP contribution is -2.43. The number of aromatic nitrogens is 4. The molecule has 2 aromatic heterocycles. The van der Waals surface area contributed by atoms with Crippen molar-refractivity contribution < 1.29 is 14.4 Å². The van der Waals surface area contributed by atoms with E-state index >= 15 is 0 Å². The molecule has 11 heteroatoms. The lowest BCUT2D eigenvalue weighted by atomic mass is 10.1. The van der Waals surface area contributed by atoms with Crippen LogP contribution in [0.25, 0.3) is 21.8 Å². The van der Waals surface area contributed by atoms with Gasteiger partial charge in [0, 0.05) is 23.4 Å². The Bertz CT molecular complexity index is 1420. The first-order chi connectivity index (χ1) is 16.4. The number of carbonyl (C=O) groups is 3. The third-order valence-electron chi connectivity index (χ3n) is 5.85. The number of H-pyrrole nitrogens is 1. The number of para-hydroxylation sites is 1. The molecule has 1 aliphatic carbocycles. The van der Waals surface area contributed by atoms with Crippen molar-refractivity contribution in [3.05, 3.63) is 58.9 Å². The fourth-order valence-corrected chi connectivity index (χ4v) is 4.33. The summed E-state index contributed by atoms with van der Waals surface area (Å²) in [5, 5.41) is 15.9. The van der Waals surface area contributed by atoms with E-state index in [0.29, 0.717) is 15.9 Å². The number of nitrogens with one attached hydrogen (secondary N) is 2. The van der Waals surface area contributed by atoms with Crippen LogP contribution in [0.3, 0.4) is 0 Å². The molecule has 2 aromatic carbocycles. The summed E-state index contributed by atoms with van der Waals surface area (Å²) in [6, 6.07) is 10.8. The molecule has 1 aliphatic rings. The number of carbonyl (C=O) groups excluding carboxylic acids is 3. The Balaban J connectivity index is 1.27. The first-order valence-corrected chi connectivity index (χ1v) is 11.2. The Morgan fingerprint density at radius 1 is 1.24 bits per heavy atom. The van der Waals surface area contributed by atoms with Gasteiger partial charge in [0.2, 0.25) is 11.8 Å². The monoisotopic (exact) mass is 479 g/mol. The van der Waals surface area contributed by atoms with Gasteiger partial charge in [-0.05, 0) is 36.6 Å². The smallest absolute Gasteiger partial charge is 0.269 e. The minimum Gasteiger partial charge on any atom is -0.364 e. The maximum atomic E-state index is 13.1. The summed E-state index contributed by atoms with van der Waals surface area (Å²) in [7, 11) is 0. The summed E-state index contributed by atoms with van der Waals surface area (Å²) in [6.07, 6.45) is 3.36. The Hall–Kier alpha value is -3.92. The Morgan fingerprint density at radius 3 is 2.79 bits per heavy atom. The van der Waals surface area contributed by atoms with E-state index in [1.54, 1.807) is 41.4 Å². The lowest BCUT2D eigenvalue weighted by molar-refractivity contribution is -0.137. The molecule has 0 saturated heterocycles. The molecule has 4 N–H and O–H groups in total. The summed E-state index contributed by atoms with van der Waals surface area (Å²) in [5.41, 5.74) is 7.78. The van der Waals surface area contributed by atoms with Crippen LogP contribution in [0.1, 0.15) is 28.9 Å². The average Bonchev–Trinajstić information content (AvgIpc) is 3.42. The molecule has 1 fully saturated rings. The number of nitrogens with two attached hydrogens (primary N) is 1. The molecule has 5 rings (SSSR count). The molecule has 0 spiro atoms. The van der Waals surface area contributed by atoms with Gasteiger partial charge < -0.3 is 16.0 Å². The molecule has 0 atom stereocenters. The van der Waals surface area contributed by atoms with Crippen LogP contribution in [0, 0.1) is 0 Å². The van der Waals surface area contributed by atoms with Crippen molar-refractivity contribution in [1.29, 1.82) is 0 Å². The quantitative estimate of drug-likeness (QED) is 0.354. The van der Waals surface area contributed by atoms with Crippen LogP contribution < -0.4 is 11.1 Å². The van der Waals surface area contributed by atoms with Crippen LogP contribution in [-0.4, -0.2) is 55.2 Å². The number of amides is 3.